The highest BCUT2D eigenvalue weighted by Gasteiger charge is 2.13. The van der Waals surface area contributed by atoms with Gasteiger partial charge in [-0.1, -0.05) is 12.1 Å². The first-order valence-electron chi connectivity index (χ1n) is 8.06. The third-order valence-electron chi connectivity index (χ3n) is 3.69. The van der Waals surface area contributed by atoms with Crippen molar-refractivity contribution in [1.82, 2.24) is 14.9 Å². The molecular weight excluding hydrogens is 342 g/mol. The van der Waals surface area contributed by atoms with Gasteiger partial charge in [-0.05, 0) is 19.1 Å². The van der Waals surface area contributed by atoms with E-state index in [1.807, 2.05) is 13.0 Å². The number of aliphatic carboxylic acids is 1. The van der Waals surface area contributed by atoms with Crippen LogP contribution in [-0.2, 0) is 15.3 Å². The number of amides is 1. The Kier molecular flexibility index (Phi) is 7.00. The number of carboxylic acids is 1. The average Bonchev–Trinajstić information content (AvgIpc) is 2.59. The Hall–Kier alpha value is -2.35. The Labute approximate surface area is 149 Å². The van der Waals surface area contributed by atoms with Gasteiger partial charge in [0.05, 0.1) is 23.1 Å². The van der Waals surface area contributed by atoms with E-state index in [9.17, 15) is 14.4 Å². The number of aromatic amines is 1. The minimum absolute atomic E-state index is 0.0467. The molecule has 0 aliphatic rings. The number of hydrogen-bond acceptors (Lipinski definition) is 5. The van der Waals surface area contributed by atoms with Crippen LogP contribution in [0.4, 0.5) is 0 Å². The van der Waals surface area contributed by atoms with Crippen LogP contribution in [0, 0.1) is 0 Å². The normalized spacial score (nSPS) is 10.8. The molecule has 0 fully saturated rings. The molecule has 1 aromatic carbocycles. The monoisotopic (exact) mass is 363 g/mol. The Bertz CT molecular complexity index is 806. The highest BCUT2D eigenvalue weighted by atomic mass is 32.2. The molecule has 0 bridgehead atoms. The van der Waals surface area contributed by atoms with Gasteiger partial charge in [0, 0.05) is 25.3 Å². The summed E-state index contributed by atoms with van der Waals surface area (Å²) in [5, 5.41) is 9.26. The lowest BCUT2D eigenvalue weighted by atomic mass is 10.2. The zero-order valence-corrected chi connectivity index (χ0v) is 14.8. The van der Waals surface area contributed by atoms with Crippen molar-refractivity contribution in [2.24, 2.45) is 0 Å². The molecule has 2 aromatic rings. The predicted molar refractivity (Wildman–Crippen MR) is 97.6 cm³/mol. The summed E-state index contributed by atoms with van der Waals surface area (Å²) in [7, 11) is 0. The zero-order chi connectivity index (χ0) is 18.2. The number of para-hydroxylation sites is 1. The van der Waals surface area contributed by atoms with E-state index in [4.69, 9.17) is 5.11 Å². The molecule has 2 rings (SSSR count). The minimum atomic E-state index is -0.910. The molecule has 25 heavy (non-hydrogen) atoms. The van der Waals surface area contributed by atoms with E-state index >= 15 is 0 Å². The number of carbonyl (C=O) groups excluding carboxylic acids is 1. The smallest absolute Gasteiger partial charge is 0.305 e. The number of hydrogen-bond donors (Lipinski definition) is 2. The van der Waals surface area contributed by atoms with Crippen molar-refractivity contribution in [2.45, 2.75) is 25.5 Å². The molecule has 2 N–H and O–H groups in total. The first kappa shape index (κ1) is 19.0. The molecule has 0 saturated carbocycles. The molecule has 0 spiro atoms. The first-order chi connectivity index (χ1) is 12.0. The number of thioether (sulfide) groups is 1. The molecule has 0 saturated heterocycles. The fourth-order valence-electron chi connectivity index (χ4n) is 2.38. The Morgan fingerprint density at radius 3 is 2.76 bits per heavy atom. The second-order valence-corrected chi connectivity index (χ2v) is 6.55. The van der Waals surface area contributed by atoms with E-state index in [0.717, 1.165) is 0 Å². The number of aromatic nitrogens is 2. The number of rotatable bonds is 9. The van der Waals surface area contributed by atoms with Gasteiger partial charge < -0.3 is 15.0 Å². The third-order valence-corrected chi connectivity index (χ3v) is 4.66. The number of H-pyrrole nitrogens is 1. The molecule has 0 aliphatic heterocycles. The summed E-state index contributed by atoms with van der Waals surface area (Å²) in [5.74, 6) is 0.704. The highest BCUT2D eigenvalue weighted by Crippen LogP contribution is 2.12. The summed E-state index contributed by atoms with van der Waals surface area (Å²) in [6.07, 6.45) is 0.283. The number of nitrogens with zero attached hydrogens (tertiary/aromatic N) is 2. The van der Waals surface area contributed by atoms with Crippen LogP contribution in [0.3, 0.4) is 0 Å². The maximum atomic E-state index is 12.1. The van der Waals surface area contributed by atoms with Gasteiger partial charge in [-0.3, -0.25) is 14.4 Å². The summed E-state index contributed by atoms with van der Waals surface area (Å²) >= 11 is 1.51. The van der Waals surface area contributed by atoms with Gasteiger partial charge in [0.15, 0.2) is 0 Å². The number of fused-ring (bicyclic) bond motifs is 1. The fraction of sp³-hybridized carbons (Fsp3) is 0.412. The SMILES string of the molecule is CCN(CCC(=O)O)C(=O)CCSCc1nc2ccccc2c(=O)[nH]1. The van der Waals surface area contributed by atoms with Gasteiger partial charge in [-0.2, -0.15) is 11.8 Å². The summed E-state index contributed by atoms with van der Waals surface area (Å²) in [5.41, 5.74) is 0.492. The highest BCUT2D eigenvalue weighted by molar-refractivity contribution is 7.98. The van der Waals surface area contributed by atoms with Crippen LogP contribution in [0.2, 0.25) is 0 Å². The molecule has 1 heterocycles. The van der Waals surface area contributed by atoms with Gasteiger partial charge in [-0.15, -0.1) is 0 Å². The molecule has 7 nitrogen and oxygen atoms in total. The van der Waals surface area contributed by atoms with Crippen molar-refractivity contribution in [3.63, 3.8) is 0 Å². The molecule has 1 aromatic heterocycles. The average molecular weight is 363 g/mol. The fourth-order valence-corrected chi connectivity index (χ4v) is 3.17. The van der Waals surface area contributed by atoms with E-state index in [1.54, 1.807) is 23.1 Å². The lowest BCUT2D eigenvalue weighted by molar-refractivity contribution is -0.138. The largest absolute Gasteiger partial charge is 0.481 e. The predicted octanol–water partition coefficient (Wildman–Crippen LogP) is 1.87. The summed E-state index contributed by atoms with van der Waals surface area (Å²) in [6, 6.07) is 7.15. The van der Waals surface area contributed by atoms with E-state index in [-0.39, 0.29) is 24.4 Å². The van der Waals surface area contributed by atoms with Crippen LogP contribution in [0.1, 0.15) is 25.6 Å². The zero-order valence-electron chi connectivity index (χ0n) is 14.0. The van der Waals surface area contributed by atoms with Crippen LogP contribution in [0.15, 0.2) is 29.1 Å². The quantitative estimate of drug-likeness (QED) is 0.659. The molecule has 0 unspecified atom stereocenters. The van der Waals surface area contributed by atoms with Crippen molar-refractivity contribution in [3.8, 4) is 0 Å². The number of carboxylic acid groups (broad SMARTS) is 1. The van der Waals surface area contributed by atoms with Crippen molar-refractivity contribution < 1.29 is 14.7 Å². The summed E-state index contributed by atoms with van der Waals surface area (Å²) < 4.78 is 0. The lowest BCUT2D eigenvalue weighted by Gasteiger charge is -2.19. The summed E-state index contributed by atoms with van der Waals surface area (Å²) in [4.78, 5) is 43.4. The minimum Gasteiger partial charge on any atom is -0.481 e. The standard InChI is InChI=1S/C17H21N3O4S/c1-2-20(9-7-16(22)23)15(21)8-10-25-11-14-18-13-6-4-3-5-12(13)17(24)19-14/h3-6H,2,7-11H2,1H3,(H,22,23)(H,18,19,24). The van der Waals surface area contributed by atoms with Crippen LogP contribution in [0.25, 0.3) is 10.9 Å². The van der Waals surface area contributed by atoms with Crippen molar-refractivity contribution in [3.05, 3.63) is 40.4 Å². The Morgan fingerprint density at radius 1 is 1.28 bits per heavy atom. The topological polar surface area (TPSA) is 103 Å². The maximum Gasteiger partial charge on any atom is 0.305 e. The van der Waals surface area contributed by atoms with Crippen molar-refractivity contribution in [2.75, 3.05) is 18.8 Å². The van der Waals surface area contributed by atoms with Gasteiger partial charge >= 0.3 is 5.97 Å². The van der Waals surface area contributed by atoms with Gasteiger partial charge in [0.2, 0.25) is 5.91 Å². The van der Waals surface area contributed by atoms with E-state index in [2.05, 4.69) is 9.97 Å². The molecule has 134 valence electrons. The molecule has 1 amide bonds. The second kappa shape index (κ2) is 9.22. The van der Waals surface area contributed by atoms with Crippen molar-refractivity contribution in [1.29, 1.82) is 0 Å². The van der Waals surface area contributed by atoms with E-state index in [1.165, 1.54) is 11.8 Å². The van der Waals surface area contributed by atoms with Crippen molar-refractivity contribution >= 4 is 34.5 Å². The Morgan fingerprint density at radius 2 is 2.04 bits per heavy atom. The number of carbonyl (C=O) groups is 2. The van der Waals surface area contributed by atoms with E-state index in [0.29, 0.717) is 41.2 Å². The molecular formula is C17H21N3O4S. The number of nitrogens with one attached hydrogen (secondary N) is 1. The van der Waals surface area contributed by atoms with E-state index < -0.39 is 5.97 Å². The lowest BCUT2D eigenvalue weighted by Crippen LogP contribution is -2.33. The second-order valence-electron chi connectivity index (χ2n) is 5.45. The van der Waals surface area contributed by atoms with Gasteiger partial charge in [0.1, 0.15) is 5.82 Å². The van der Waals surface area contributed by atoms with Gasteiger partial charge in [-0.25, -0.2) is 4.98 Å². The van der Waals surface area contributed by atoms with Crippen LogP contribution in [0.5, 0.6) is 0 Å². The molecule has 8 heteroatoms. The van der Waals surface area contributed by atoms with Crippen LogP contribution < -0.4 is 5.56 Å². The molecule has 0 radical (unpaired) electrons. The first-order valence-corrected chi connectivity index (χ1v) is 9.22. The van der Waals surface area contributed by atoms with Gasteiger partial charge in [0.25, 0.3) is 5.56 Å². The van der Waals surface area contributed by atoms with Crippen LogP contribution in [-0.4, -0.2) is 50.7 Å². The summed E-state index contributed by atoms with van der Waals surface area (Å²) in [6.45, 7) is 2.56. The molecule has 0 atom stereocenters. The molecule has 0 aliphatic carbocycles. The third kappa shape index (κ3) is 5.60. The number of benzene rings is 1. The maximum absolute atomic E-state index is 12.1. The van der Waals surface area contributed by atoms with Crippen LogP contribution >= 0.6 is 11.8 Å². The Balaban J connectivity index is 1.83.